The van der Waals surface area contributed by atoms with Crippen molar-refractivity contribution >= 4 is 34.1 Å². The number of anilines is 2. The van der Waals surface area contributed by atoms with Gasteiger partial charge in [-0.05, 0) is 31.5 Å². The van der Waals surface area contributed by atoms with Crippen molar-refractivity contribution in [1.29, 1.82) is 0 Å². The summed E-state index contributed by atoms with van der Waals surface area (Å²) < 4.78 is 1.75. The van der Waals surface area contributed by atoms with Crippen molar-refractivity contribution in [2.45, 2.75) is 13.8 Å². The number of halogens is 1. The van der Waals surface area contributed by atoms with Crippen LogP contribution in [0, 0.1) is 13.8 Å². The van der Waals surface area contributed by atoms with Crippen LogP contribution in [-0.2, 0) is 7.05 Å². The number of hydrogen-bond acceptors (Lipinski definition) is 4. The van der Waals surface area contributed by atoms with Gasteiger partial charge in [-0.3, -0.25) is 4.68 Å². The minimum Gasteiger partial charge on any atom is -0.339 e. The minimum absolute atomic E-state index is 0.725. The van der Waals surface area contributed by atoms with Crippen molar-refractivity contribution in [3.05, 3.63) is 40.8 Å². The van der Waals surface area contributed by atoms with Crippen LogP contribution in [0.1, 0.15) is 11.3 Å². The molecule has 102 valence electrons. The fourth-order valence-corrected chi connectivity index (χ4v) is 2.36. The molecule has 0 atom stereocenters. The molecule has 0 aliphatic rings. The number of hydrogen-bond donors (Lipinski definition) is 1. The molecule has 0 amide bonds. The fraction of sp³-hybridized carbons (Fsp3) is 0.214. The quantitative estimate of drug-likeness (QED) is 0.785. The van der Waals surface area contributed by atoms with Gasteiger partial charge in [0.15, 0.2) is 5.65 Å². The molecule has 0 bridgehead atoms. The standard InChI is InChI=1S/C14H14ClN5/c1-8-4-5-10(6-11(8)15)18-13-12-9(2)19-20(3)14(12)17-7-16-13/h4-7H,1-3H3,(H,16,17,18). The van der Waals surface area contributed by atoms with Gasteiger partial charge in [-0.25, -0.2) is 9.97 Å². The summed E-state index contributed by atoms with van der Waals surface area (Å²) in [6.45, 7) is 3.92. The molecule has 5 nitrogen and oxygen atoms in total. The van der Waals surface area contributed by atoms with E-state index >= 15 is 0 Å². The number of nitrogens with zero attached hydrogens (tertiary/aromatic N) is 4. The van der Waals surface area contributed by atoms with Gasteiger partial charge in [0.2, 0.25) is 0 Å². The van der Waals surface area contributed by atoms with E-state index in [0.717, 1.165) is 38.8 Å². The molecule has 0 radical (unpaired) electrons. The lowest BCUT2D eigenvalue weighted by Crippen LogP contribution is -1.97. The van der Waals surface area contributed by atoms with Crippen LogP contribution in [0.15, 0.2) is 24.5 Å². The Morgan fingerprint density at radius 1 is 1.20 bits per heavy atom. The van der Waals surface area contributed by atoms with Gasteiger partial charge in [-0.1, -0.05) is 17.7 Å². The summed E-state index contributed by atoms with van der Waals surface area (Å²) in [5.41, 5.74) is 3.63. The molecule has 0 unspecified atom stereocenters. The molecular formula is C14H14ClN5. The Morgan fingerprint density at radius 2 is 2.00 bits per heavy atom. The van der Waals surface area contributed by atoms with Crippen LogP contribution >= 0.6 is 11.6 Å². The lowest BCUT2D eigenvalue weighted by atomic mass is 10.2. The van der Waals surface area contributed by atoms with E-state index in [0.29, 0.717) is 0 Å². The van der Waals surface area contributed by atoms with Crippen molar-refractivity contribution in [2.24, 2.45) is 7.05 Å². The van der Waals surface area contributed by atoms with E-state index in [4.69, 9.17) is 11.6 Å². The van der Waals surface area contributed by atoms with Gasteiger partial charge in [-0.15, -0.1) is 0 Å². The van der Waals surface area contributed by atoms with E-state index in [9.17, 15) is 0 Å². The largest absolute Gasteiger partial charge is 0.339 e. The van der Waals surface area contributed by atoms with E-state index in [1.54, 1.807) is 4.68 Å². The first-order chi connectivity index (χ1) is 9.56. The summed E-state index contributed by atoms with van der Waals surface area (Å²) >= 11 is 6.14. The molecule has 1 aromatic carbocycles. The second kappa shape index (κ2) is 4.76. The smallest absolute Gasteiger partial charge is 0.163 e. The fourth-order valence-electron chi connectivity index (χ4n) is 2.18. The Morgan fingerprint density at radius 3 is 2.75 bits per heavy atom. The predicted octanol–water partition coefficient (Wildman–Crippen LogP) is 3.38. The predicted molar refractivity (Wildman–Crippen MR) is 80.5 cm³/mol. The van der Waals surface area contributed by atoms with Gasteiger partial charge in [0, 0.05) is 17.8 Å². The number of nitrogens with one attached hydrogen (secondary N) is 1. The topological polar surface area (TPSA) is 55.6 Å². The van der Waals surface area contributed by atoms with E-state index in [1.807, 2.05) is 39.1 Å². The van der Waals surface area contributed by atoms with Gasteiger partial charge >= 0.3 is 0 Å². The summed E-state index contributed by atoms with van der Waals surface area (Å²) in [6.07, 6.45) is 1.53. The van der Waals surface area contributed by atoms with Crippen LogP contribution in [0.2, 0.25) is 5.02 Å². The number of benzene rings is 1. The Hall–Kier alpha value is -2.14. The Kier molecular flexibility index (Phi) is 3.06. The zero-order valence-electron chi connectivity index (χ0n) is 11.5. The average molecular weight is 288 g/mol. The van der Waals surface area contributed by atoms with Crippen molar-refractivity contribution in [2.75, 3.05) is 5.32 Å². The summed E-state index contributed by atoms with van der Waals surface area (Å²) in [7, 11) is 1.87. The van der Waals surface area contributed by atoms with E-state index in [-0.39, 0.29) is 0 Å². The third-order valence-electron chi connectivity index (χ3n) is 3.23. The first-order valence-electron chi connectivity index (χ1n) is 6.24. The van der Waals surface area contributed by atoms with E-state index < -0.39 is 0 Å². The zero-order valence-corrected chi connectivity index (χ0v) is 12.2. The lowest BCUT2D eigenvalue weighted by molar-refractivity contribution is 0.773. The number of rotatable bonds is 2. The maximum absolute atomic E-state index is 6.14. The summed E-state index contributed by atoms with van der Waals surface area (Å²) in [6, 6.07) is 5.83. The average Bonchev–Trinajstić information content (AvgIpc) is 2.71. The highest BCUT2D eigenvalue weighted by Crippen LogP contribution is 2.27. The van der Waals surface area contributed by atoms with Crippen LogP contribution in [0.25, 0.3) is 11.0 Å². The molecule has 1 N–H and O–H groups in total. The highest BCUT2D eigenvalue weighted by molar-refractivity contribution is 6.31. The molecule has 20 heavy (non-hydrogen) atoms. The highest BCUT2D eigenvalue weighted by Gasteiger charge is 2.12. The van der Waals surface area contributed by atoms with Crippen LogP contribution in [-0.4, -0.2) is 19.7 Å². The van der Waals surface area contributed by atoms with E-state index in [2.05, 4.69) is 20.4 Å². The van der Waals surface area contributed by atoms with Crippen LogP contribution in [0.3, 0.4) is 0 Å². The number of fused-ring (bicyclic) bond motifs is 1. The Bertz CT molecular complexity index is 794. The molecule has 0 saturated heterocycles. The third-order valence-corrected chi connectivity index (χ3v) is 3.64. The van der Waals surface area contributed by atoms with Crippen molar-refractivity contribution in [1.82, 2.24) is 19.7 Å². The van der Waals surface area contributed by atoms with Gasteiger partial charge in [0.25, 0.3) is 0 Å². The number of aryl methyl sites for hydroxylation is 3. The molecule has 6 heteroatoms. The zero-order chi connectivity index (χ0) is 14.3. The summed E-state index contributed by atoms with van der Waals surface area (Å²) in [4.78, 5) is 8.57. The molecule has 2 aromatic heterocycles. The second-order valence-corrected chi connectivity index (χ2v) is 5.13. The van der Waals surface area contributed by atoms with Gasteiger partial charge in [0.1, 0.15) is 12.1 Å². The SMILES string of the molecule is Cc1ccc(Nc2ncnc3c2c(C)nn3C)cc1Cl. The molecule has 0 saturated carbocycles. The van der Waals surface area contributed by atoms with Gasteiger partial charge in [-0.2, -0.15) is 5.10 Å². The van der Waals surface area contributed by atoms with Crippen LogP contribution < -0.4 is 5.32 Å². The molecule has 2 heterocycles. The Balaban J connectivity index is 2.08. The minimum atomic E-state index is 0.725. The molecule has 3 aromatic rings. The van der Waals surface area contributed by atoms with Crippen LogP contribution in [0.4, 0.5) is 11.5 Å². The van der Waals surface area contributed by atoms with E-state index in [1.165, 1.54) is 6.33 Å². The molecule has 0 fully saturated rings. The molecule has 0 aliphatic carbocycles. The molecule has 3 rings (SSSR count). The molecule has 0 spiro atoms. The van der Waals surface area contributed by atoms with Gasteiger partial charge < -0.3 is 5.32 Å². The van der Waals surface area contributed by atoms with Crippen molar-refractivity contribution < 1.29 is 0 Å². The Labute approximate surface area is 121 Å². The summed E-state index contributed by atoms with van der Waals surface area (Å²) in [5.74, 6) is 0.737. The second-order valence-electron chi connectivity index (χ2n) is 4.72. The first kappa shape index (κ1) is 12.9. The van der Waals surface area contributed by atoms with Crippen LogP contribution in [0.5, 0.6) is 0 Å². The van der Waals surface area contributed by atoms with Crippen molar-refractivity contribution in [3.63, 3.8) is 0 Å². The number of aromatic nitrogens is 4. The normalized spacial score (nSPS) is 11.0. The summed E-state index contributed by atoms with van der Waals surface area (Å²) in [5, 5.41) is 9.30. The maximum atomic E-state index is 6.14. The lowest BCUT2D eigenvalue weighted by Gasteiger charge is -2.08. The first-order valence-corrected chi connectivity index (χ1v) is 6.61. The maximum Gasteiger partial charge on any atom is 0.163 e. The molecule has 0 aliphatic heterocycles. The van der Waals surface area contributed by atoms with Crippen molar-refractivity contribution in [3.8, 4) is 0 Å². The molecular weight excluding hydrogens is 274 g/mol. The van der Waals surface area contributed by atoms with Gasteiger partial charge in [0.05, 0.1) is 11.1 Å². The monoisotopic (exact) mass is 287 g/mol. The third kappa shape index (κ3) is 2.10. The highest BCUT2D eigenvalue weighted by atomic mass is 35.5.